The van der Waals surface area contributed by atoms with Crippen molar-refractivity contribution in [1.29, 1.82) is 0 Å². The minimum absolute atomic E-state index is 0.184. The molecule has 0 aromatic heterocycles. The van der Waals surface area contributed by atoms with E-state index in [0.29, 0.717) is 17.2 Å². The normalized spacial score (nSPS) is 9.90. The number of rotatable bonds is 5. The van der Waals surface area contributed by atoms with Crippen molar-refractivity contribution < 1.29 is 18.7 Å². The van der Waals surface area contributed by atoms with Crippen molar-refractivity contribution in [3.8, 4) is 11.5 Å². The third kappa shape index (κ3) is 3.71. The number of hydrogen-bond donors (Lipinski definition) is 1. The largest absolute Gasteiger partial charge is 0.493 e. The van der Waals surface area contributed by atoms with Crippen LogP contribution in [0.1, 0.15) is 0 Å². The number of anilines is 1. The van der Waals surface area contributed by atoms with Crippen LogP contribution in [0.3, 0.4) is 0 Å². The number of nitrogens with one attached hydrogen (secondary N) is 1. The van der Waals surface area contributed by atoms with Gasteiger partial charge in [0.1, 0.15) is 5.82 Å². The second-order valence-electron chi connectivity index (χ2n) is 4.00. The highest BCUT2D eigenvalue weighted by atomic mass is 19.1. The minimum atomic E-state index is -0.409. The maximum absolute atomic E-state index is 13.0. The molecule has 2 rings (SSSR count). The molecule has 0 saturated carbocycles. The van der Waals surface area contributed by atoms with Gasteiger partial charge in [0.15, 0.2) is 18.1 Å². The first-order valence-corrected chi connectivity index (χ1v) is 6.00. The van der Waals surface area contributed by atoms with Gasteiger partial charge in [-0.25, -0.2) is 4.39 Å². The standard InChI is InChI=1S/C15H14FNO3/c1-19-13-7-2-3-8-14(13)20-10-15(18)17-12-6-4-5-11(16)9-12/h2-9H,10H2,1H3,(H,17,18). The Bertz CT molecular complexity index is 601. The highest BCUT2D eigenvalue weighted by Gasteiger charge is 2.07. The molecule has 0 bridgehead atoms. The molecule has 5 heteroatoms. The van der Waals surface area contributed by atoms with Crippen LogP contribution < -0.4 is 14.8 Å². The van der Waals surface area contributed by atoms with E-state index in [1.165, 1.54) is 25.3 Å². The molecule has 2 aromatic rings. The lowest BCUT2D eigenvalue weighted by molar-refractivity contribution is -0.118. The van der Waals surface area contributed by atoms with Gasteiger partial charge in [0.05, 0.1) is 7.11 Å². The van der Waals surface area contributed by atoms with Crippen molar-refractivity contribution in [3.63, 3.8) is 0 Å². The van der Waals surface area contributed by atoms with E-state index in [9.17, 15) is 9.18 Å². The summed E-state index contributed by atoms with van der Waals surface area (Å²) < 4.78 is 23.4. The van der Waals surface area contributed by atoms with Crippen LogP contribution in [-0.2, 0) is 4.79 Å². The van der Waals surface area contributed by atoms with Gasteiger partial charge in [-0.2, -0.15) is 0 Å². The second kappa shape index (κ2) is 6.56. The van der Waals surface area contributed by atoms with Crippen LogP contribution in [0.2, 0.25) is 0 Å². The van der Waals surface area contributed by atoms with Crippen molar-refractivity contribution in [2.75, 3.05) is 19.0 Å². The van der Waals surface area contributed by atoms with Gasteiger partial charge in [0, 0.05) is 5.69 Å². The van der Waals surface area contributed by atoms with Gasteiger partial charge < -0.3 is 14.8 Å². The first-order valence-electron chi connectivity index (χ1n) is 6.00. The van der Waals surface area contributed by atoms with Crippen LogP contribution in [0.15, 0.2) is 48.5 Å². The molecule has 104 valence electrons. The summed E-state index contributed by atoms with van der Waals surface area (Å²) >= 11 is 0. The van der Waals surface area contributed by atoms with Gasteiger partial charge in [0.25, 0.3) is 5.91 Å². The quantitative estimate of drug-likeness (QED) is 0.912. The summed E-state index contributed by atoms with van der Waals surface area (Å²) in [5, 5.41) is 2.55. The van der Waals surface area contributed by atoms with E-state index in [-0.39, 0.29) is 12.5 Å². The van der Waals surface area contributed by atoms with Gasteiger partial charge >= 0.3 is 0 Å². The smallest absolute Gasteiger partial charge is 0.262 e. The molecule has 0 aliphatic heterocycles. The molecule has 4 nitrogen and oxygen atoms in total. The molecular weight excluding hydrogens is 261 g/mol. The fourth-order valence-electron chi connectivity index (χ4n) is 1.64. The van der Waals surface area contributed by atoms with Crippen LogP contribution >= 0.6 is 0 Å². The van der Waals surface area contributed by atoms with Crippen LogP contribution in [-0.4, -0.2) is 19.6 Å². The van der Waals surface area contributed by atoms with Crippen LogP contribution in [0.5, 0.6) is 11.5 Å². The maximum Gasteiger partial charge on any atom is 0.262 e. The lowest BCUT2D eigenvalue weighted by atomic mass is 10.3. The van der Waals surface area contributed by atoms with Gasteiger partial charge in [-0.1, -0.05) is 18.2 Å². The molecule has 0 radical (unpaired) electrons. The van der Waals surface area contributed by atoms with Crippen LogP contribution in [0, 0.1) is 5.82 Å². The number of halogens is 1. The SMILES string of the molecule is COc1ccccc1OCC(=O)Nc1cccc(F)c1. The summed E-state index contributed by atoms with van der Waals surface area (Å²) in [4.78, 5) is 11.7. The van der Waals surface area contributed by atoms with E-state index in [1.54, 1.807) is 30.3 Å². The number of amides is 1. The molecule has 0 aliphatic rings. The Morgan fingerprint density at radius 3 is 2.60 bits per heavy atom. The van der Waals surface area contributed by atoms with Gasteiger partial charge in [-0.3, -0.25) is 4.79 Å². The Morgan fingerprint density at radius 1 is 1.15 bits per heavy atom. The first-order chi connectivity index (χ1) is 9.69. The number of methoxy groups -OCH3 is 1. The van der Waals surface area contributed by atoms with E-state index in [1.807, 2.05) is 0 Å². The number of carbonyl (C=O) groups excluding carboxylic acids is 1. The Morgan fingerprint density at radius 2 is 1.90 bits per heavy atom. The molecule has 0 atom stereocenters. The molecule has 2 aromatic carbocycles. The number of benzene rings is 2. The van der Waals surface area contributed by atoms with Gasteiger partial charge in [0.2, 0.25) is 0 Å². The number of para-hydroxylation sites is 2. The summed E-state index contributed by atoms with van der Waals surface area (Å²) in [6.07, 6.45) is 0. The molecule has 0 saturated heterocycles. The summed E-state index contributed by atoms with van der Waals surface area (Å²) in [5.74, 6) is 0.241. The van der Waals surface area contributed by atoms with Crippen molar-refractivity contribution in [2.45, 2.75) is 0 Å². The predicted octanol–water partition coefficient (Wildman–Crippen LogP) is 2.85. The second-order valence-corrected chi connectivity index (χ2v) is 4.00. The van der Waals surface area contributed by atoms with E-state index < -0.39 is 5.82 Å². The van der Waals surface area contributed by atoms with E-state index in [0.717, 1.165) is 0 Å². The fraction of sp³-hybridized carbons (Fsp3) is 0.133. The van der Waals surface area contributed by atoms with Crippen molar-refractivity contribution in [2.24, 2.45) is 0 Å². The third-order valence-corrected chi connectivity index (χ3v) is 2.54. The van der Waals surface area contributed by atoms with Crippen LogP contribution in [0.25, 0.3) is 0 Å². The average Bonchev–Trinajstić information content (AvgIpc) is 2.45. The summed E-state index contributed by atoms with van der Waals surface area (Å²) in [6, 6.07) is 12.7. The predicted molar refractivity (Wildman–Crippen MR) is 73.5 cm³/mol. The van der Waals surface area contributed by atoms with Gasteiger partial charge in [-0.05, 0) is 30.3 Å². The lowest BCUT2D eigenvalue weighted by Crippen LogP contribution is -2.20. The Labute approximate surface area is 116 Å². The monoisotopic (exact) mass is 275 g/mol. The molecule has 0 heterocycles. The molecule has 0 aliphatic carbocycles. The summed E-state index contributed by atoms with van der Waals surface area (Å²) in [6.45, 7) is -0.184. The van der Waals surface area contributed by atoms with Crippen molar-refractivity contribution in [1.82, 2.24) is 0 Å². The zero-order chi connectivity index (χ0) is 14.4. The summed E-state index contributed by atoms with van der Waals surface area (Å²) in [5.41, 5.74) is 0.388. The molecular formula is C15H14FNO3. The zero-order valence-corrected chi connectivity index (χ0v) is 10.9. The highest BCUT2D eigenvalue weighted by Crippen LogP contribution is 2.25. The van der Waals surface area contributed by atoms with Gasteiger partial charge in [-0.15, -0.1) is 0 Å². The molecule has 20 heavy (non-hydrogen) atoms. The van der Waals surface area contributed by atoms with E-state index in [2.05, 4.69) is 5.32 Å². The molecule has 0 spiro atoms. The fourth-order valence-corrected chi connectivity index (χ4v) is 1.64. The number of carbonyl (C=O) groups is 1. The van der Waals surface area contributed by atoms with E-state index >= 15 is 0 Å². The average molecular weight is 275 g/mol. The Hall–Kier alpha value is -2.56. The third-order valence-electron chi connectivity index (χ3n) is 2.54. The molecule has 0 unspecified atom stereocenters. The van der Waals surface area contributed by atoms with Crippen LogP contribution in [0.4, 0.5) is 10.1 Å². The lowest BCUT2D eigenvalue weighted by Gasteiger charge is -2.10. The Balaban J connectivity index is 1.92. The first kappa shape index (κ1) is 13.9. The number of ether oxygens (including phenoxy) is 2. The highest BCUT2D eigenvalue weighted by molar-refractivity contribution is 5.91. The molecule has 0 fully saturated rings. The minimum Gasteiger partial charge on any atom is -0.493 e. The molecule has 1 N–H and O–H groups in total. The maximum atomic E-state index is 13.0. The Kier molecular flexibility index (Phi) is 4.55. The zero-order valence-electron chi connectivity index (χ0n) is 10.9. The number of hydrogen-bond acceptors (Lipinski definition) is 3. The molecule has 1 amide bonds. The summed E-state index contributed by atoms with van der Waals surface area (Å²) in [7, 11) is 1.52. The topological polar surface area (TPSA) is 47.6 Å². The van der Waals surface area contributed by atoms with Crippen molar-refractivity contribution in [3.05, 3.63) is 54.3 Å². The van der Waals surface area contributed by atoms with E-state index in [4.69, 9.17) is 9.47 Å². The van der Waals surface area contributed by atoms with Crippen molar-refractivity contribution >= 4 is 11.6 Å².